The fourth-order valence-electron chi connectivity index (χ4n) is 2.26. The van der Waals surface area contributed by atoms with Gasteiger partial charge < -0.3 is 5.32 Å². The third kappa shape index (κ3) is 2.85. The van der Waals surface area contributed by atoms with Crippen molar-refractivity contribution in [1.29, 1.82) is 0 Å². The average Bonchev–Trinajstić information content (AvgIpc) is 2.46. The highest BCUT2D eigenvalue weighted by molar-refractivity contribution is 8.00. The van der Waals surface area contributed by atoms with Gasteiger partial charge in [0.05, 0.1) is 17.1 Å². The number of hydrazone groups is 1. The summed E-state index contributed by atoms with van der Waals surface area (Å²) in [4.78, 5) is 24.1. The molecule has 2 N–H and O–H groups in total. The number of anilines is 2. The first-order chi connectivity index (χ1) is 9.72. The molecule has 3 rings (SSSR count). The molecule has 1 aliphatic carbocycles. The summed E-state index contributed by atoms with van der Waals surface area (Å²) < 4.78 is 0. The summed E-state index contributed by atoms with van der Waals surface area (Å²) in [6.45, 7) is 0. The van der Waals surface area contributed by atoms with Crippen LogP contribution in [0.1, 0.15) is 25.7 Å². The summed E-state index contributed by atoms with van der Waals surface area (Å²) in [5.74, 6) is 0.593. The maximum Gasteiger partial charge on any atom is 0.234 e. The van der Waals surface area contributed by atoms with Gasteiger partial charge in [-0.15, -0.1) is 11.8 Å². The molecule has 0 unspecified atom stereocenters. The van der Waals surface area contributed by atoms with Gasteiger partial charge in [0.15, 0.2) is 5.78 Å². The van der Waals surface area contributed by atoms with Gasteiger partial charge >= 0.3 is 0 Å². The van der Waals surface area contributed by atoms with E-state index in [1.807, 2.05) is 18.2 Å². The van der Waals surface area contributed by atoms with E-state index in [-0.39, 0.29) is 11.7 Å². The van der Waals surface area contributed by atoms with Crippen LogP contribution in [0.25, 0.3) is 0 Å². The van der Waals surface area contributed by atoms with E-state index in [1.165, 1.54) is 11.8 Å². The van der Waals surface area contributed by atoms with Crippen LogP contribution in [0.5, 0.6) is 0 Å². The van der Waals surface area contributed by atoms with Crippen LogP contribution in [0.15, 0.2) is 28.2 Å². The van der Waals surface area contributed by atoms with Crippen molar-refractivity contribution in [2.75, 3.05) is 16.5 Å². The van der Waals surface area contributed by atoms with Crippen LogP contribution >= 0.6 is 11.8 Å². The minimum Gasteiger partial charge on any atom is -0.324 e. The van der Waals surface area contributed by atoms with Gasteiger partial charge in [-0.2, -0.15) is 5.10 Å². The molecular weight excluding hydrogens is 274 g/mol. The van der Waals surface area contributed by atoms with Gasteiger partial charge in [-0.3, -0.25) is 15.0 Å². The summed E-state index contributed by atoms with van der Waals surface area (Å²) in [5, 5.41) is 7.03. The molecule has 1 amide bonds. The second kappa shape index (κ2) is 5.66. The number of hydrogen-bond acceptors (Lipinski definition) is 5. The van der Waals surface area contributed by atoms with Crippen molar-refractivity contribution in [3.8, 4) is 0 Å². The summed E-state index contributed by atoms with van der Waals surface area (Å²) in [7, 11) is 0. The van der Waals surface area contributed by atoms with Gasteiger partial charge in [0.2, 0.25) is 5.91 Å². The van der Waals surface area contributed by atoms with Crippen LogP contribution in [0, 0.1) is 0 Å². The monoisotopic (exact) mass is 289 g/mol. The van der Waals surface area contributed by atoms with E-state index in [1.54, 1.807) is 0 Å². The quantitative estimate of drug-likeness (QED) is 0.821. The Balaban J connectivity index is 1.75. The van der Waals surface area contributed by atoms with Gasteiger partial charge in [-0.05, 0) is 37.5 Å². The molecule has 1 aromatic rings. The molecule has 20 heavy (non-hydrogen) atoms. The zero-order valence-electron chi connectivity index (χ0n) is 10.9. The Morgan fingerprint density at radius 1 is 1.20 bits per heavy atom. The molecule has 6 heteroatoms. The predicted molar refractivity (Wildman–Crippen MR) is 80.3 cm³/mol. The summed E-state index contributed by atoms with van der Waals surface area (Å²) >= 11 is 1.52. The molecule has 1 aliphatic heterocycles. The second-order valence-electron chi connectivity index (χ2n) is 4.85. The van der Waals surface area contributed by atoms with Crippen molar-refractivity contribution in [1.82, 2.24) is 0 Å². The molecule has 5 nitrogen and oxygen atoms in total. The number of hydrogen-bond donors (Lipinski definition) is 2. The number of benzene rings is 1. The number of rotatable bonds is 2. The molecule has 104 valence electrons. The largest absolute Gasteiger partial charge is 0.324 e. The molecule has 0 bridgehead atoms. The Kier molecular flexibility index (Phi) is 3.73. The van der Waals surface area contributed by atoms with Crippen LogP contribution in [-0.2, 0) is 9.59 Å². The minimum absolute atomic E-state index is 0.00780. The van der Waals surface area contributed by atoms with Gasteiger partial charge in [0.25, 0.3) is 0 Å². The Bertz CT molecular complexity index is 598. The second-order valence-corrected chi connectivity index (χ2v) is 5.87. The van der Waals surface area contributed by atoms with Crippen molar-refractivity contribution in [3.05, 3.63) is 18.2 Å². The van der Waals surface area contributed by atoms with Crippen LogP contribution in [0.4, 0.5) is 11.4 Å². The smallest absolute Gasteiger partial charge is 0.234 e. The Morgan fingerprint density at radius 2 is 2.05 bits per heavy atom. The first-order valence-corrected chi connectivity index (χ1v) is 7.63. The summed E-state index contributed by atoms with van der Waals surface area (Å²) in [6.07, 6.45) is 3.31. The maximum absolute atomic E-state index is 11.7. The lowest BCUT2D eigenvalue weighted by molar-refractivity contribution is -0.114. The van der Waals surface area contributed by atoms with E-state index in [0.29, 0.717) is 17.9 Å². The number of carbonyl (C=O) groups excluding carboxylic acids is 2. The number of nitrogens with zero attached hydrogens (tertiary/aromatic N) is 1. The molecule has 1 saturated carbocycles. The molecule has 2 aliphatic rings. The standard InChI is InChI=1S/C14H15N3O2S/c18-12-4-2-1-3-10(12)17-16-9-5-6-13-11(7-9)15-14(19)8-20-13/h5-7,16H,1-4,8H2,(H,15,19)/b17-10+. The molecule has 1 heterocycles. The Hall–Kier alpha value is -1.82. The highest BCUT2D eigenvalue weighted by Gasteiger charge is 2.17. The zero-order chi connectivity index (χ0) is 13.9. The van der Waals surface area contributed by atoms with Crippen molar-refractivity contribution in [2.24, 2.45) is 5.10 Å². The maximum atomic E-state index is 11.7. The molecule has 0 saturated heterocycles. The Labute approximate surface area is 121 Å². The number of Topliss-reactive ketones (excluding diaryl/α,β-unsaturated/α-hetero) is 1. The van der Waals surface area contributed by atoms with Gasteiger partial charge in [-0.25, -0.2) is 0 Å². The topological polar surface area (TPSA) is 70.6 Å². The molecule has 0 atom stereocenters. The third-order valence-electron chi connectivity index (χ3n) is 3.32. The lowest BCUT2D eigenvalue weighted by Crippen LogP contribution is -2.20. The van der Waals surface area contributed by atoms with Gasteiger partial charge in [0.1, 0.15) is 5.71 Å². The van der Waals surface area contributed by atoms with Crippen LogP contribution < -0.4 is 10.7 Å². The highest BCUT2D eigenvalue weighted by Crippen LogP contribution is 2.33. The van der Waals surface area contributed by atoms with Crippen molar-refractivity contribution in [3.63, 3.8) is 0 Å². The van der Waals surface area contributed by atoms with Crippen molar-refractivity contribution < 1.29 is 9.59 Å². The predicted octanol–water partition coefficient (Wildman–Crippen LogP) is 2.64. The fourth-order valence-corrected chi connectivity index (χ4v) is 3.05. The van der Waals surface area contributed by atoms with Gasteiger partial charge in [-0.1, -0.05) is 0 Å². The van der Waals surface area contributed by atoms with E-state index >= 15 is 0 Å². The number of ketones is 1. The Morgan fingerprint density at radius 3 is 2.90 bits per heavy atom. The minimum atomic E-state index is 0.00780. The van der Waals surface area contributed by atoms with Crippen LogP contribution in [0.2, 0.25) is 0 Å². The number of fused-ring (bicyclic) bond motifs is 1. The number of amides is 1. The highest BCUT2D eigenvalue weighted by atomic mass is 32.2. The first kappa shape index (κ1) is 13.2. The van der Waals surface area contributed by atoms with Crippen molar-refractivity contribution >= 4 is 40.5 Å². The van der Waals surface area contributed by atoms with E-state index in [4.69, 9.17) is 0 Å². The van der Waals surface area contributed by atoms with E-state index in [9.17, 15) is 9.59 Å². The molecule has 0 spiro atoms. The lowest BCUT2D eigenvalue weighted by Gasteiger charge is -2.17. The average molecular weight is 289 g/mol. The summed E-state index contributed by atoms with van der Waals surface area (Å²) in [5.41, 5.74) is 5.11. The van der Waals surface area contributed by atoms with Crippen LogP contribution in [-0.4, -0.2) is 23.2 Å². The molecular formula is C14H15N3O2S. The fraction of sp³-hybridized carbons (Fsp3) is 0.357. The molecule has 0 radical (unpaired) electrons. The zero-order valence-corrected chi connectivity index (χ0v) is 11.8. The van der Waals surface area contributed by atoms with E-state index < -0.39 is 0 Å². The molecule has 1 aromatic carbocycles. The number of carbonyl (C=O) groups is 2. The van der Waals surface area contributed by atoms with Gasteiger partial charge in [0, 0.05) is 11.3 Å². The molecule has 0 aromatic heterocycles. The third-order valence-corrected chi connectivity index (χ3v) is 4.40. The van der Waals surface area contributed by atoms with E-state index in [0.717, 1.165) is 35.5 Å². The number of nitrogens with one attached hydrogen (secondary N) is 2. The SMILES string of the molecule is O=C1CSc2ccc(N/N=C3\CCCCC3=O)cc2N1. The lowest BCUT2D eigenvalue weighted by atomic mass is 9.97. The van der Waals surface area contributed by atoms with E-state index in [2.05, 4.69) is 15.8 Å². The first-order valence-electron chi connectivity index (χ1n) is 6.65. The molecule has 1 fully saturated rings. The van der Waals surface area contributed by atoms with Crippen LogP contribution in [0.3, 0.4) is 0 Å². The number of thioether (sulfide) groups is 1. The summed E-state index contributed by atoms with van der Waals surface area (Å²) in [6, 6.07) is 5.70. The van der Waals surface area contributed by atoms with Crippen molar-refractivity contribution in [2.45, 2.75) is 30.6 Å². The normalized spacial score (nSPS) is 20.5.